The van der Waals surface area contributed by atoms with Gasteiger partial charge in [-0.2, -0.15) is 16.6 Å². The first kappa shape index (κ1) is 21.5. The van der Waals surface area contributed by atoms with Crippen LogP contribution >= 0.6 is 22.7 Å². The van der Waals surface area contributed by atoms with Gasteiger partial charge in [0.1, 0.15) is 10.7 Å². The molecule has 9 heteroatoms. The molecule has 1 saturated heterocycles. The summed E-state index contributed by atoms with van der Waals surface area (Å²) in [5.74, 6) is -0.436. The topological polar surface area (TPSA) is 87.4 Å². The summed E-state index contributed by atoms with van der Waals surface area (Å²) >= 11 is 2.75. The van der Waals surface area contributed by atoms with Gasteiger partial charge in [0.25, 0.3) is 11.5 Å². The van der Waals surface area contributed by atoms with Gasteiger partial charge in [0.2, 0.25) is 0 Å². The van der Waals surface area contributed by atoms with Crippen LogP contribution in [-0.2, 0) is 16.1 Å². The molecular formula is C20H24N4O3S2. The van der Waals surface area contributed by atoms with Crippen molar-refractivity contribution in [2.24, 2.45) is 0 Å². The number of carbonyl (C=O) groups is 1. The van der Waals surface area contributed by atoms with Crippen LogP contribution in [-0.4, -0.2) is 54.8 Å². The molecule has 0 aliphatic carbocycles. The zero-order valence-corrected chi connectivity index (χ0v) is 18.0. The Morgan fingerprint density at radius 3 is 2.83 bits per heavy atom. The number of aromatic nitrogens is 1. The van der Waals surface area contributed by atoms with Gasteiger partial charge < -0.3 is 10.1 Å². The van der Waals surface area contributed by atoms with Crippen LogP contribution in [0.5, 0.6) is 0 Å². The normalized spacial score (nSPS) is 16.5. The summed E-state index contributed by atoms with van der Waals surface area (Å²) in [7, 11) is 0. The predicted molar refractivity (Wildman–Crippen MR) is 115 cm³/mol. The van der Waals surface area contributed by atoms with Gasteiger partial charge in [0, 0.05) is 32.7 Å². The largest absolute Gasteiger partial charge is 0.379 e. The van der Waals surface area contributed by atoms with E-state index in [1.165, 1.54) is 11.3 Å². The van der Waals surface area contributed by atoms with E-state index in [0.29, 0.717) is 42.0 Å². The first-order valence-electron chi connectivity index (χ1n) is 9.60. The Hall–Kier alpha value is -2.25. The van der Waals surface area contributed by atoms with Crippen LogP contribution in [0.4, 0.5) is 0 Å². The minimum atomic E-state index is -0.436. The molecule has 0 atom stereocenters. The summed E-state index contributed by atoms with van der Waals surface area (Å²) in [5.41, 5.74) is 0.774. The number of thiazole rings is 1. The van der Waals surface area contributed by atoms with Crippen molar-refractivity contribution >= 4 is 40.2 Å². The van der Waals surface area contributed by atoms with E-state index in [0.717, 1.165) is 25.1 Å². The molecule has 7 nitrogen and oxygen atoms in total. The maximum atomic E-state index is 12.8. The lowest BCUT2D eigenvalue weighted by Crippen LogP contribution is -2.42. The molecule has 2 aromatic heterocycles. The van der Waals surface area contributed by atoms with E-state index in [4.69, 9.17) is 4.74 Å². The van der Waals surface area contributed by atoms with Crippen molar-refractivity contribution in [3.8, 4) is 6.07 Å². The third-order valence-corrected chi connectivity index (χ3v) is 6.40. The number of rotatable bonds is 7. The lowest BCUT2D eigenvalue weighted by Gasteiger charge is -2.26. The first-order valence-corrected chi connectivity index (χ1v) is 11.4. The van der Waals surface area contributed by atoms with Crippen LogP contribution in [0, 0.1) is 11.3 Å². The highest BCUT2D eigenvalue weighted by Crippen LogP contribution is 2.06. The Morgan fingerprint density at radius 2 is 2.17 bits per heavy atom. The zero-order valence-electron chi connectivity index (χ0n) is 16.3. The van der Waals surface area contributed by atoms with Crippen LogP contribution in [0.1, 0.15) is 18.9 Å². The molecule has 3 rings (SSSR count). The first-order chi connectivity index (χ1) is 14.1. The molecule has 154 valence electrons. The smallest absolute Gasteiger partial charge is 0.269 e. The third kappa shape index (κ3) is 5.42. The summed E-state index contributed by atoms with van der Waals surface area (Å²) in [6.45, 7) is 6.66. The lowest BCUT2D eigenvalue weighted by molar-refractivity contribution is -0.115. The van der Waals surface area contributed by atoms with E-state index in [1.807, 2.05) is 35.9 Å². The van der Waals surface area contributed by atoms with Gasteiger partial charge in [-0.15, -0.1) is 11.3 Å². The van der Waals surface area contributed by atoms with E-state index in [9.17, 15) is 14.9 Å². The van der Waals surface area contributed by atoms with Gasteiger partial charge >= 0.3 is 0 Å². The number of hydrogen-bond donors (Lipinski definition) is 1. The summed E-state index contributed by atoms with van der Waals surface area (Å²) < 4.78 is 7.81. The van der Waals surface area contributed by atoms with Gasteiger partial charge in [-0.1, -0.05) is 6.92 Å². The fourth-order valence-corrected chi connectivity index (χ4v) is 4.82. The molecule has 0 bridgehead atoms. The fraction of sp³-hybridized carbons (Fsp3) is 0.450. The molecule has 3 heterocycles. The van der Waals surface area contributed by atoms with Crippen LogP contribution in [0.25, 0.3) is 11.6 Å². The molecule has 0 aromatic carbocycles. The molecular weight excluding hydrogens is 408 g/mol. The van der Waals surface area contributed by atoms with Crippen molar-refractivity contribution in [1.29, 1.82) is 5.26 Å². The van der Waals surface area contributed by atoms with Crippen LogP contribution in [0.2, 0.25) is 0 Å². The molecule has 1 aliphatic rings. The summed E-state index contributed by atoms with van der Waals surface area (Å²) in [4.78, 5) is 27.7. The summed E-state index contributed by atoms with van der Waals surface area (Å²) in [5, 5.41) is 16.4. The quantitative estimate of drug-likeness (QED) is 0.682. The highest BCUT2D eigenvalue weighted by molar-refractivity contribution is 7.08. The minimum Gasteiger partial charge on any atom is -0.379 e. The minimum absolute atomic E-state index is 0.00695. The van der Waals surface area contributed by atoms with Crippen LogP contribution in [0.15, 0.2) is 21.6 Å². The number of nitriles is 1. The molecule has 0 radical (unpaired) electrons. The maximum Gasteiger partial charge on any atom is 0.269 e. The Bertz CT molecular complexity index is 1040. The molecule has 0 spiro atoms. The van der Waals surface area contributed by atoms with Gasteiger partial charge in [0.05, 0.1) is 17.7 Å². The van der Waals surface area contributed by atoms with Crippen LogP contribution < -0.4 is 20.1 Å². The van der Waals surface area contributed by atoms with Crippen molar-refractivity contribution in [3.05, 3.63) is 41.9 Å². The number of thiophene rings is 1. The third-order valence-electron chi connectivity index (χ3n) is 4.57. The average Bonchev–Trinajstić information content (AvgIpc) is 3.34. The Kier molecular flexibility index (Phi) is 7.77. The molecule has 1 N–H and O–H groups in total. The van der Waals surface area contributed by atoms with E-state index in [2.05, 4.69) is 10.2 Å². The molecule has 0 saturated carbocycles. The highest BCUT2D eigenvalue weighted by Gasteiger charge is 2.16. The molecule has 1 aliphatic heterocycles. The number of hydrogen-bond acceptors (Lipinski definition) is 7. The number of morpholine rings is 1. The van der Waals surface area contributed by atoms with Crippen molar-refractivity contribution in [1.82, 2.24) is 14.8 Å². The summed E-state index contributed by atoms with van der Waals surface area (Å²) in [6, 6.07) is 3.95. The zero-order chi connectivity index (χ0) is 20.6. The number of amides is 1. The Labute approximate surface area is 177 Å². The molecule has 1 fully saturated rings. The van der Waals surface area contributed by atoms with Gasteiger partial charge in [-0.05, 0) is 34.9 Å². The van der Waals surface area contributed by atoms with E-state index in [1.54, 1.807) is 15.9 Å². The lowest BCUT2D eigenvalue weighted by atomic mass is 10.3. The average molecular weight is 433 g/mol. The Balaban J connectivity index is 1.88. The van der Waals surface area contributed by atoms with E-state index in [-0.39, 0.29) is 11.1 Å². The van der Waals surface area contributed by atoms with E-state index >= 15 is 0 Å². The van der Waals surface area contributed by atoms with Crippen molar-refractivity contribution in [2.45, 2.75) is 19.9 Å². The van der Waals surface area contributed by atoms with E-state index < -0.39 is 5.91 Å². The van der Waals surface area contributed by atoms with Crippen molar-refractivity contribution in [2.75, 3.05) is 39.4 Å². The summed E-state index contributed by atoms with van der Waals surface area (Å²) in [6.07, 6.45) is 2.55. The van der Waals surface area contributed by atoms with Crippen molar-refractivity contribution in [3.63, 3.8) is 0 Å². The van der Waals surface area contributed by atoms with Crippen molar-refractivity contribution < 1.29 is 9.53 Å². The maximum absolute atomic E-state index is 12.8. The number of nitrogens with one attached hydrogen (secondary N) is 1. The predicted octanol–water partition coefficient (Wildman–Crippen LogP) is 0.333. The van der Waals surface area contributed by atoms with Gasteiger partial charge in [-0.3, -0.25) is 19.1 Å². The number of carbonyl (C=O) groups excluding carboxylic acids is 1. The second kappa shape index (κ2) is 10.5. The number of ether oxygens (including phenoxy) is 1. The highest BCUT2D eigenvalue weighted by atomic mass is 32.1. The molecule has 1 amide bonds. The standard InChI is InChI=1S/C20H24N4O3S2/c1-2-5-24-19(26)17(12-15-3-11-28-14-15)29-20(24)16(13-21)18(25)22-4-6-23-7-9-27-10-8-23/h3,11-12,14H,2,4-10H2,1H3,(H,22,25). The molecule has 2 aromatic rings. The molecule has 0 unspecified atom stereocenters. The SMILES string of the molecule is CCCn1c(=C(C#N)C(=O)NCCN2CCOCC2)sc(=Cc2ccsc2)c1=O. The van der Waals surface area contributed by atoms with Gasteiger partial charge in [0.15, 0.2) is 5.57 Å². The Morgan fingerprint density at radius 1 is 1.38 bits per heavy atom. The second-order valence-corrected chi connectivity index (χ2v) is 8.44. The monoisotopic (exact) mass is 432 g/mol. The number of nitrogens with zero attached hydrogens (tertiary/aromatic N) is 3. The second-order valence-electron chi connectivity index (χ2n) is 6.63. The van der Waals surface area contributed by atoms with Gasteiger partial charge in [-0.25, -0.2) is 0 Å². The molecule has 29 heavy (non-hydrogen) atoms. The van der Waals surface area contributed by atoms with Crippen LogP contribution in [0.3, 0.4) is 0 Å². The fourth-order valence-electron chi connectivity index (χ4n) is 3.08.